The van der Waals surface area contributed by atoms with Gasteiger partial charge in [-0.25, -0.2) is 4.79 Å². The van der Waals surface area contributed by atoms with Gasteiger partial charge in [-0.2, -0.15) is 0 Å². The Labute approximate surface area is 107 Å². The van der Waals surface area contributed by atoms with Crippen molar-refractivity contribution in [1.29, 1.82) is 0 Å². The summed E-state index contributed by atoms with van der Waals surface area (Å²) in [6.45, 7) is 5.54. The zero-order chi connectivity index (χ0) is 14.0. The average Bonchev–Trinajstić information content (AvgIpc) is 2.31. The number of aldehydes is 1. The molecule has 0 aliphatic rings. The molecule has 0 spiro atoms. The predicted octanol–water partition coefficient (Wildman–Crippen LogP) is 1.53. The van der Waals surface area contributed by atoms with Gasteiger partial charge in [0.25, 0.3) is 0 Å². The van der Waals surface area contributed by atoms with Crippen LogP contribution in [0, 0.1) is 5.92 Å². The quantitative estimate of drug-likeness (QED) is 0.458. The Morgan fingerprint density at radius 2 is 2.00 bits per heavy atom. The second-order valence-corrected chi connectivity index (χ2v) is 4.38. The lowest BCUT2D eigenvalue weighted by Crippen LogP contribution is -2.41. The maximum Gasteiger partial charge on any atom is 0.326 e. The third-order valence-electron chi connectivity index (χ3n) is 2.60. The maximum atomic E-state index is 11.6. The van der Waals surface area contributed by atoms with Crippen LogP contribution in [0.5, 0.6) is 0 Å². The first-order valence-electron chi connectivity index (χ1n) is 6.08. The number of aliphatic carboxylic acids is 1. The number of carboxylic acids is 1. The van der Waals surface area contributed by atoms with Gasteiger partial charge in [0, 0.05) is 12.8 Å². The second kappa shape index (κ2) is 9.39. The number of allylic oxidation sites excluding steroid dienone is 1. The van der Waals surface area contributed by atoms with Gasteiger partial charge in [0.2, 0.25) is 5.91 Å². The van der Waals surface area contributed by atoms with E-state index >= 15 is 0 Å². The molecule has 0 aromatic heterocycles. The molecule has 0 bridgehead atoms. The molecule has 5 heteroatoms. The lowest BCUT2D eigenvalue weighted by Gasteiger charge is -2.15. The van der Waals surface area contributed by atoms with Crippen LogP contribution in [0.25, 0.3) is 0 Å². The van der Waals surface area contributed by atoms with E-state index in [4.69, 9.17) is 5.11 Å². The monoisotopic (exact) mass is 255 g/mol. The van der Waals surface area contributed by atoms with Gasteiger partial charge in [-0.15, -0.1) is 6.58 Å². The highest BCUT2D eigenvalue weighted by atomic mass is 16.4. The fraction of sp³-hybridized carbons (Fsp3) is 0.615. The molecule has 0 aliphatic carbocycles. The van der Waals surface area contributed by atoms with Crippen LogP contribution in [-0.4, -0.2) is 29.3 Å². The molecule has 5 nitrogen and oxygen atoms in total. The van der Waals surface area contributed by atoms with E-state index in [1.807, 2.05) is 6.92 Å². The second-order valence-electron chi connectivity index (χ2n) is 4.38. The van der Waals surface area contributed by atoms with Crippen LogP contribution < -0.4 is 5.32 Å². The van der Waals surface area contributed by atoms with Crippen molar-refractivity contribution in [3.8, 4) is 0 Å². The molecule has 0 aromatic rings. The highest BCUT2D eigenvalue weighted by Gasteiger charge is 2.20. The Bertz CT molecular complexity index is 301. The highest BCUT2D eigenvalue weighted by molar-refractivity contribution is 5.83. The Hall–Kier alpha value is -1.65. The van der Waals surface area contributed by atoms with Gasteiger partial charge in [-0.3, -0.25) is 4.79 Å². The van der Waals surface area contributed by atoms with Crippen LogP contribution in [0.4, 0.5) is 0 Å². The van der Waals surface area contributed by atoms with Gasteiger partial charge in [-0.1, -0.05) is 13.0 Å². The van der Waals surface area contributed by atoms with Gasteiger partial charge in [0.15, 0.2) is 0 Å². The molecule has 2 atom stereocenters. The van der Waals surface area contributed by atoms with E-state index in [-0.39, 0.29) is 24.7 Å². The highest BCUT2D eigenvalue weighted by Crippen LogP contribution is 2.10. The van der Waals surface area contributed by atoms with Crippen LogP contribution in [0.2, 0.25) is 0 Å². The standard InChI is InChI=1S/C13H21NO4/c1-3-4-6-10(2)9-12(16)14-11(13(17)18)7-5-8-15/h3,8,10-11H,1,4-7,9H2,2H3,(H,14,16)(H,17,18)/t10-,11-/m0/s1. The molecule has 0 heterocycles. The Balaban J connectivity index is 4.11. The number of hydrogen-bond acceptors (Lipinski definition) is 3. The summed E-state index contributed by atoms with van der Waals surface area (Å²) in [5.74, 6) is -1.21. The van der Waals surface area contributed by atoms with Gasteiger partial charge < -0.3 is 15.2 Å². The maximum absolute atomic E-state index is 11.6. The summed E-state index contributed by atoms with van der Waals surface area (Å²) in [5, 5.41) is 11.3. The minimum absolute atomic E-state index is 0.128. The number of rotatable bonds is 10. The summed E-state index contributed by atoms with van der Waals surface area (Å²) in [6, 6.07) is -0.977. The number of hydrogen-bond donors (Lipinski definition) is 2. The normalized spacial score (nSPS) is 13.4. The third kappa shape index (κ3) is 7.60. The molecular formula is C13H21NO4. The smallest absolute Gasteiger partial charge is 0.326 e. The number of carboxylic acid groups (broad SMARTS) is 1. The van der Waals surface area contributed by atoms with Gasteiger partial charge in [-0.05, 0) is 25.2 Å². The number of carbonyl (C=O) groups excluding carboxylic acids is 2. The molecule has 0 saturated carbocycles. The largest absolute Gasteiger partial charge is 0.480 e. The van der Waals surface area contributed by atoms with Crippen LogP contribution >= 0.6 is 0 Å². The zero-order valence-electron chi connectivity index (χ0n) is 10.7. The van der Waals surface area contributed by atoms with Gasteiger partial charge >= 0.3 is 5.97 Å². The topological polar surface area (TPSA) is 83.5 Å². The summed E-state index contributed by atoms with van der Waals surface area (Å²) in [6.07, 6.45) is 4.67. The van der Waals surface area contributed by atoms with Crippen molar-refractivity contribution < 1.29 is 19.5 Å². The average molecular weight is 255 g/mol. The Kier molecular flexibility index (Phi) is 8.53. The molecule has 0 aromatic carbocycles. The van der Waals surface area contributed by atoms with Crippen LogP contribution in [0.1, 0.15) is 39.0 Å². The van der Waals surface area contributed by atoms with E-state index in [0.717, 1.165) is 12.8 Å². The minimum atomic E-state index is -1.11. The van der Waals surface area contributed by atoms with Crippen LogP contribution in [0.3, 0.4) is 0 Å². The molecule has 0 rings (SSSR count). The first kappa shape index (κ1) is 16.4. The van der Waals surface area contributed by atoms with Crippen molar-refractivity contribution in [3.63, 3.8) is 0 Å². The van der Waals surface area contributed by atoms with Crippen LogP contribution in [-0.2, 0) is 14.4 Å². The van der Waals surface area contributed by atoms with Gasteiger partial charge in [0.05, 0.1) is 0 Å². The van der Waals surface area contributed by atoms with E-state index in [9.17, 15) is 14.4 Å². The van der Waals surface area contributed by atoms with E-state index < -0.39 is 12.0 Å². The first-order chi connectivity index (χ1) is 8.51. The number of carbonyl (C=O) groups is 3. The fourth-order valence-corrected chi connectivity index (χ4v) is 1.57. The van der Waals surface area contributed by atoms with E-state index in [0.29, 0.717) is 12.7 Å². The molecule has 0 fully saturated rings. The van der Waals surface area contributed by atoms with Crippen molar-refractivity contribution in [3.05, 3.63) is 12.7 Å². The summed E-state index contributed by atoms with van der Waals surface area (Å²) in [7, 11) is 0. The lowest BCUT2D eigenvalue weighted by molar-refractivity contribution is -0.142. The van der Waals surface area contributed by atoms with E-state index in [1.54, 1.807) is 6.08 Å². The zero-order valence-corrected chi connectivity index (χ0v) is 10.7. The van der Waals surface area contributed by atoms with Crippen molar-refractivity contribution in [1.82, 2.24) is 5.32 Å². The lowest BCUT2D eigenvalue weighted by atomic mass is 10.0. The van der Waals surface area contributed by atoms with Gasteiger partial charge in [0.1, 0.15) is 12.3 Å². The molecule has 0 aliphatic heterocycles. The first-order valence-corrected chi connectivity index (χ1v) is 6.08. The molecule has 102 valence electrons. The summed E-state index contributed by atoms with van der Waals surface area (Å²) in [4.78, 5) is 32.7. The molecule has 2 N–H and O–H groups in total. The van der Waals surface area contributed by atoms with E-state index in [1.165, 1.54) is 0 Å². The number of nitrogens with one attached hydrogen (secondary N) is 1. The van der Waals surface area contributed by atoms with Crippen molar-refractivity contribution >= 4 is 18.2 Å². The molecule has 1 amide bonds. The summed E-state index contributed by atoms with van der Waals surface area (Å²) >= 11 is 0. The van der Waals surface area contributed by atoms with E-state index in [2.05, 4.69) is 11.9 Å². The Morgan fingerprint density at radius 3 is 2.50 bits per heavy atom. The third-order valence-corrected chi connectivity index (χ3v) is 2.60. The van der Waals surface area contributed by atoms with Crippen LogP contribution in [0.15, 0.2) is 12.7 Å². The summed E-state index contributed by atoms with van der Waals surface area (Å²) in [5.41, 5.74) is 0. The SMILES string of the molecule is C=CCC[C@H](C)CC(=O)N[C@@H](CCC=O)C(=O)O. The molecule has 0 saturated heterocycles. The number of amides is 1. The predicted molar refractivity (Wildman–Crippen MR) is 68.1 cm³/mol. The fourth-order valence-electron chi connectivity index (χ4n) is 1.57. The Morgan fingerprint density at radius 1 is 1.33 bits per heavy atom. The minimum Gasteiger partial charge on any atom is -0.480 e. The molecular weight excluding hydrogens is 234 g/mol. The molecule has 0 unspecified atom stereocenters. The van der Waals surface area contributed by atoms with Crippen molar-refractivity contribution in [2.24, 2.45) is 5.92 Å². The van der Waals surface area contributed by atoms with Crippen molar-refractivity contribution in [2.45, 2.75) is 45.1 Å². The molecule has 0 radical (unpaired) electrons. The van der Waals surface area contributed by atoms with Crippen molar-refractivity contribution in [2.75, 3.05) is 0 Å². The molecule has 18 heavy (non-hydrogen) atoms. The summed E-state index contributed by atoms with van der Waals surface area (Å²) < 4.78 is 0.